The van der Waals surface area contributed by atoms with Crippen molar-refractivity contribution in [2.24, 2.45) is 0 Å². The summed E-state index contributed by atoms with van der Waals surface area (Å²) in [7, 11) is -2.86. The first-order valence-electron chi connectivity index (χ1n) is 9.61. The Morgan fingerprint density at radius 3 is 2.26 bits per heavy atom. The first-order valence-corrected chi connectivity index (χ1v) is 11.1. The first-order chi connectivity index (χ1) is 16.5. The molecule has 0 fully saturated rings. The van der Waals surface area contributed by atoms with Gasteiger partial charge in [-0.25, -0.2) is 8.42 Å². The summed E-state index contributed by atoms with van der Waals surface area (Å²) in [4.78, 5) is 9.67. The molecular weight excluding hydrogens is 489 g/mol. The maximum absolute atomic E-state index is 12.9. The molecule has 180 valence electrons. The molecule has 0 N–H and O–H groups in total. The molecule has 3 rings (SSSR count). The Morgan fingerprint density at radius 1 is 1.03 bits per heavy atom. The fourth-order valence-electron chi connectivity index (χ4n) is 2.95. The highest BCUT2D eigenvalue weighted by molar-refractivity contribution is 7.95. The van der Waals surface area contributed by atoms with E-state index in [0.717, 1.165) is 12.1 Å². The van der Waals surface area contributed by atoms with Gasteiger partial charge < -0.3 is 9.47 Å². The fraction of sp³-hybridized carbons (Fsp3) is 0.0870. The Kier molecular flexibility index (Phi) is 7.12. The normalized spacial score (nSPS) is 12.0. The number of hydrogen-bond donors (Lipinski definition) is 0. The van der Waals surface area contributed by atoms with Crippen molar-refractivity contribution in [2.45, 2.75) is 11.1 Å². The lowest BCUT2D eigenvalue weighted by molar-refractivity contribution is -0.385. The van der Waals surface area contributed by atoms with Crippen LogP contribution >= 0.6 is 0 Å². The van der Waals surface area contributed by atoms with Crippen LogP contribution in [0.15, 0.2) is 76.5 Å². The Balaban J connectivity index is 1.99. The van der Waals surface area contributed by atoms with Crippen LogP contribution in [0.3, 0.4) is 0 Å². The van der Waals surface area contributed by atoms with E-state index >= 15 is 0 Å². The molecule has 0 aliphatic rings. The zero-order valence-corrected chi connectivity index (χ0v) is 18.6. The third kappa shape index (κ3) is 5.59. The van der Waals surface area contributed by atoms with Crippen LogP contribution in [0.4, 0.5) is 18.9 Å². The van der Waals surface area contributed by atoms with E-state index in [4.69, 9.17) is 9.47 Å². The number of methoxy groups -OCH3 is 1. The molecule has 0 aromatic heterocycles. The van der Waals surface area contributed by atoms with Gasteiger partial charge in [0.1, 0.15) is 11.0 Å². The number of nitro benzene ring substituents is 1. The first kappa shape index (κ1) is 25.3. The molecule has 0 aliphatic heterocycles. The summed E-state index contributed by atoms with van der Waals surface area (Å²) in [5.74, 6) is -0.562. The summed E-state index contributed by atoms with van der Waals surface area (Å²) < 4.78 is 74.9. The average molecular weight is 504 g/mol. The molecule has 3 aromatic rings. The fourth-order valence-corrected chi connectivity index (χ4v) is 4.13. The van der Waals surface area contributed by atoms with Crippen LogP contribution in [-0.2, 0) is 16.0 Å². The van der Waals surface area contributed by atoms with E-state index in [1.807, 2.05) is 0 Å². The van der Waals surface area contributed by atoms with Crippen molar-refractivity contribution < 1.29 is 36.0 Å². The number of sulfone groups is 1. The van der Waals surface area contributed by atoms with Crippen LogP contribution in [-0.4, -0.2) is 20.5 Å². The summed E-state index contributed by atoms with van der Waals surface area (Å²) >= 11 is 0. The predicted molar refractivity (Wildman–Crippen MR) is 118 cm³/mol. The summed E-state index contributed by atoms with van der Waals surface area (Å²) in [6, 6.07) is 14.7. The van der Waals surface area contributed by atoms with E-state index in [2.05, 4.69) is 0 Å². The van der Waals surface area contributed by atoms with Gasteiger partial charge in [0.05, 0.1) is 22.5 Å². The highest BCUT2D eigenvalue weighted by atomic mass is 32.2. The van der Waals surface area contributed by atoms with Gasteiger partial charge in [-0.05, 0) is 48.0 Å². The van der Waals surface area contributed by atoms with Gasteiger partial charge in [0.25, 0.3) is 0 Å². The highest BCUT2D eigenvalue weighted by Gasteiger charge is 2.33. The Bertz CT molecular complexity index is 1450. The highest BCUT2D eigenvalue weighted by Crippen LogP contribution is 2.40. The number of hydrogen-bond acceptors (Lipinski definition) is 7. The van der Waals surface area contributed by atoms with E-state index in [-0.39, 0.29) is 22.0 Å². The lowest BCUT2D eigenvalue weighted by Gasteiger charge is -2.13. The summed E-state index contributed by atoms with van der Waals surface area (Å²) in [6.07, 6.45) is -3.68. The van der Waals surface area contributed by atoms with Crippen molar-refractivity contribution in [3.05, 3.63) is 92.9 Å². The number of alkyl halides is 3. The zero-order valence-electron chi connectivity index (χ0n) is 17.8. The second-order valence-corrected chi connectivity index (χ2v) is 8.80. The van der Waals surface area contributed by atoms with Crippen LogP contribution in [0.25, 0.3) is 6.08 Å². The van der Waals surface area contributed by atoms with Crippen molar-refractivity contribution >= 4 is 21.6 Å². The molecule has 3 aromatic carbocycles. The molecule has 0 amide bonds. The molecule has 0 bridgehead atoms. The largest absolute Gasteiger partial charge is 0.493 e. The summed E-state index contributed by atoms with van der Waals surface area (Å²) in [6.45, 7) is 0. The number of halogens is 3. The summed E-state index contributed by atoms with van der Waals surface area (Å²) in [5.41, 5.74) is -1.90. The second-order valence-electron chi connectivity index (χ2n) is 6.89. The molecule has 0 aliphatic carbocycles. The maximum atomic E-state index is 12.9. The third-order valence-corrected chi connectivity index (χ3v) is 6.32. The average Bonchev–Trinajstić information content (AvgIpc) is 2.83. The molecule has 35 heavy (non-hydrogen) atoms. The number of allylic oxidation sites excluding steroid dienone is 1. The standard InChI is InChI=1S/C23H15F3N2O6S/c1-33-22-12-15(11-18(14-27)35(31,32)17-5-3-2-4-6-17)7-9-21(22)34-20-10-8-16(23(24,25)26)13-19(20)28(29)30/h2-13H,1H3/b18-11-. The number of benzene rings is 3. The lowest BCUT2D eigenvalue weighted by Crippen LogP contribution is -2.06. The smallest absolute Gasteiger partial charge is 0.416 e. The Labute approximate surface area is 197 Å². The van der Waals surface area contributed by atoms with Crippen molar-refractivity contribution in [3.8, 4) is 23.3 Å². The van der Waals surface area contributed by atoms with Gasteiger partial charge in [-0.15, -0.1) is 0 Å². The van der Waals surface area contributed by atoms with Gasteiger partial charge in [0.2, 0.25) is 15.6 Å². The van der Waals surface area contributed by atoms with Gasteiger partial charge in [0.15, 0.2) is 11.5 Å². The summed E-state index contributed by atoms with van der Waals surface area (Å²) in [5, 5.41) is 20.7. The SMILES string of the molecule is COc1cc(/C=C(/C#N)S(=O)(=O)c2ccccc2)ccc1Oc1ccc(C(F)(F)F)cc1[N+](=O)[O-]. The second kappa shape index (κ2) is 9.86. The van der Waals surface area contributed by atoms with Crippen molar-refractivity contribution in [1.29, 1.82) is 5.26 Å². The number of nitrogens with zero attached hydrogens (tertiary/aromatic N) is 2. The molecular formula is C23H15F3N2O6S. The number of nitriles is 1. The molecule has 8 nitrogen and oxygen atoms in total. The van der Waals surface area contributed by atoms with Gasteiger partial charge in [-0.3, -0.25) is 10.1 Å². The van der Waals surface area contributed by atoms with Crippen LogP contribution in [0, 0.1) is 21.4 Å². The van der Waals surface area contributed by atoms with Gasteiger partial charge in [-0.1, -0.05) is 24.3 Å². The van der Waals surface area contributed by atoms with Crippen molar-refractivity contribution in [3.63, 3.8) is 0 Å². The van der Waals surface area contributed by atoms with E-state index < -0.39 is 42.8 Å². The Morgan fingerprint density at radius 2 is 1.69 bits per heavy atom. The molecule has 0 spiro atoms. The minimum atomic E-state index is -4.78. The van der Waals surface area contributed by atoms with Crippen LogP contribution in [0.1, 0.15) is 11.1 Å². The molecule has 0 atom stereocenters. The molecule has 0 heterocycles. The van der Waals surface area contributed by atoms with Gasteiger partial charge in [-0.2, -0.15) is 18.4 Å². The number of nitro groups is 1. The molecule has 0 radical (unpaired) electrons. The van der Waals surface area contributed by atoms with Crippen molar-refractivity contribution in [1.82, 2.24) is 0 Å². The lowest BCUT2D eigenvalue weighted by atomic mass is 10.1. The third-order valence-electron chi connectivity index (χ3n) is 4.64. The molecule has 0 unspecified atom stereocenters. The Hall–Kier alpha value is -4.37. The predicted octanol–water partition coefficient (Wildman–Crippen LogP) is 5.75. The molecule has 12 heteroatoms. The van der Waals surface area contributed by atoms with Gasteiger partial charge >= 0.3 is 11.9 Å². The van der Waals surface area contributed by atoms with E-state index in [1.54, 1.807) is 12.1 Å². The minimum absolute atomic E-state index is 0.0117. The minimum Gasteiger partial charge on any atom is -0.493 e. The topological polar surface area (TPSA) is 120 Å². The van der Waals surface area contributed by atoms with Gasteiger partial charge in [0, 0.05) is 6.07 Å². The number of ether oxygens (including phenoxy) is 2. The van der Waals surface area contributed by atoms with E-state index in [1.165, 1.54) is 49.6 Å². The molecule has 0 saturated carbocycles. The molecule has 0 saturated heterocycles. The van der Waals surface area contributed by atoms with Crippen LogP contribution in [0.5, 0.6) is 17.2 Å². The van der Waals surface area contributed by atoms with E-state index in [9.17, 15) is 37.0 Å². The quantitative estimate of drug-likeness (QED) is 0.228. The maximum Gasteiger partial charge on any atom is 0.416 e. The zero-order chi connectivity index (χ0) is 25.8. The van der Waals surface area contributed by atoms with E-state index in [0.29, 0.717) is 12.1 Å². The number of rotatable bonds is 7. The van der Waals surface area contributed by atoms with Crippen LogP contribution < -0.4 is 9.47 Å². The van der Waals surface area contributed by atoms with Crippen LogP contribution in [0.2, 0.25) is 0 Å². The van der Waals surface area contributed by atoms with Crippen molar-refractivity contribution in [2.75, 3.05) is 7.11 Å². The monoisotopic (exact) mass is 504 g/mol.